The van der Waals surface area contributed by atoms with Crippen LogP contribution in [0.15, 0.2) is 24.5 Å². The molecule has 5 heteroatoms. The Morgan fingerprint density at radius 2 is 2.11 bits per heavy atom. The summed E-state index contributed by atoms with van der Waals surface area (Å²) < 4.78 is 0. The molecule has 1 N–H and O–H groups in total. The fourth-order valence-corrected chi connectivity index (χ4v) is 3.47. The van der Waals surface area contributed by atoms with Crippen LogP contribution in [0.5, 0.6) is 0 Å². The molecule has 3 unspecified atom stereocenters. The third-order valence-corrected chi connectivity index (χ3v) is 4.55. The molecule has 0 amide bonds. The van der Waals surface area contributed by atoms with Gasteiger partial charge in [-0.1, -0.05) is 0 Å². The van der Waals surface area contributed by atoms with Crippen LogP contribution in [0.1, 0.15) is 6.92 Å². The largest absolute Gasteiger partial charge is 0.353 e. The first kappa shape index (κ1) is 11.1. The number of rotatable bonds is 1. The van der Waals surface area contributed by atoms with Crippen LogP contribution in [0.4, 0.5) is 5.82 Å². The highest BCUT2D eigenvalue weighted by atomic mass is 15.3. The summed E-state index contributed by atoms with van der Waals surface area (Å²) in [4.78, 5) is 15.7. The highest BCUT2D eigenvalue weighted by molar-refractivity contribution is 5.71. The molecule has 0 aliphatic carbocycles. The molecule has 0 radical (unpaired) electrons. The van der Waals surface area contributed by atoms with Crippen molar-refractivity contribution >= 4 is 17.0 Å². The van der Waals surface area contributed by atoms with Crippen molar-refractivity contribution in [2.75, 3.05) is 24.5 Å². The first-order valence-corrected chi connectivity index (χ1v) is 6.88. The summed E-state index contributed by atoms with van der Waals surface area (Å²) in [6.45, 7) is 5.67. The van der Waals surface area contributed by atoms with Crippen LogP contribution in [0, 0.1) is 11.8 Å². The van der Waals surface area contributed by atoms with Crippen LogP contribution in [-0.4, -0.2) is 40.6 Å². The second-order valence-corrected chi connectivity index (χ2v) is 5.54. The lowest BCUT2D eigenvalue weighted by molar-refractivity contribution is 0.471. The summed E-state index contributed by atoms with van der Waals surface area (Å²) in [5.41, 5.74) is 1.60. The first-order valence-electron chi connectivity index (χ1n) is 6.88. The summed E-state index contributed by atoms with van der Waals surface area (Å²) in [5.74, 6) is 2.55. The predicted molar refractivity (Wildman–Crippen MR) is 74.0 cm³/mol. The SMILES string of the molecule is CC1C2CNCC2CN1c1ccc2nccnc2n1. The van der Waals surface area contributed by atoms with E-state index in [1.165, 1.54) is 0 Å². The van der Waals surface area contributed by atoms with Gasteiger partial charge in [0.15, 0.2) is 5.65 Å². The Morgan fingerprint density at radius 3 is 3.00 bits per heavy atom. The zero-order chi connectivity index (χ0) is 12.8. The monoisotopic (exact) mass is 255 g/mol. The molecule has 0 aromatic carbocycles. The minimum absolute atomic E-state index is 0.543. The van der Waals surface area contributed by atoms with E-state index in [0.717, 1.165) is 48.5 Å². The Balaban J connectivity index is 1.71. The van der Waals surface area contributed by atoms with Gasteiger partial charge in [-0.05, 0) is 30.9 Å². The van der Waals surface area contributed by atoms with Crippen LogP contribution in [0.2, 0.25) is 0 Å². The van der Waals surface area contributed by atoms with Crippen LogP contribution >= 0.6 is 0 Å². The van der Waals surface area contributed by atoms with Gasteiger partial charge in [0.25, 0.3) is 0 Å². The van der Waals surface area contributed by atoms with Gasteiger partial charge < -0.3 is 10.2 Å². The maximum atomic E-state index is 4.67. The van der Waals surface area contributed by atoms with Crippen molar-refractivity contribution in [2.45, 2.75) is 13.0 Å². The first-order chi connectivity index (χ1) is 9.33. The van der Waals surface area contributed by atoms with Gasteiger partial charge in [0.05, 0.1) is 0 Å². The zero-order valence-electron chi connectivity index (χ0n) is 11.0. The lowest BCUT2D eigenvalue weighted by atomic mass is 9.95. The Bertz CT molecular complexity index is 614. The van der Waals surface area contributed by atoms with Crippen LogP contribution in [0.25, 0.3) is 11.2 Å². The van der Waals surface area contributed by atoms with Crippen LogP contribution in [-0.2, 0) is 0 Å². The number of nitrogens with zero attached hydrogens (tertiary/aromatic N) is 4. The molecule has 98 valence electrons. The van der Waals surface area contributed by atoms with E-state index in [2.05, 4.69) is 38.2 Å². The summed E-state index contributed by atoms with van der Waals surface area (Å²) >= 11 is 0. The maximum Gasteiger partial charge on any atom is 0.180 e. The standard InChI is InChI=1S/C14H17N5/c1-9-11-7-15-6-10(11)8-19(9)13-3-2-12-14(18-13)17-5-4-16-12/h2-5,9-11,15H,6-8H2,1H3. The third-order valence-electron chi connectivity index (χ3n) is 4.55. The van der Waals surface area contributed by atoms with Crippen molar-refractivity contribution in [3.8, 4) is 0 Å². The van der Waals surface area contributed by atoms with E-state index in [1.54, 1.807) is 12.4 Å². The number of nitrogens with one attached hydrogen (secondary N) is 1. The van der Waals surface area contributed by atoms with Gasteiger partial charge in [0.2, 0.25) is 0 Å². The van der Waals surface area contributed by atoms with E-state index in [4.69, 9.17) is 0 Å². The highest BCUT2D eigenvalue weighted by Gasteiger charge is 2.42. The van der Waals surface area contributed by atoms with Gasteiger partial charge in [0.1, 0.15) is 11.3 Å². The summed E-state index contributed by atoms with van der Waals surface area (Å²) in [7, 11) is 0. The minimum atomic E-state index is 0.543. The number of aromatic nitrogens is 3. The molecular weight excluding hydrogens is 238 g/mol. The van der Waals surface area contributed by atoms with Crippen molar-refractivity contribution < 1.29 is 0 Å². The van der Waals surface area contributed by atoms with Gasteiger partial charge in [-0.15, -0.1) is 0 Å². The van der Waals surface area contributed by atoms with Crippen molar-refractivity contribution in [3.05, 3.63) is 24.5 Å². The van der Waals surface area contributed by atoms with E-state index in [1.807, 2.05) is 6.07 Å². The number of fused-ring (bicyclic) bond motifs is 2. The Hall–Kier alpha value is -1.75. The predicted octanol–water partition coefficient (Wildman–Crippen LogP) is 1.07. The molecule has 2 fully saturated rings. The average Bonchev–Trinajstić information content (AvgIpc) is 3.02. The number of hydrogen-bond acceptors (Lipinski definition) is 5. The molecule has 4 heterocycles. The lowest BCUT2D eigenvalue weighted by Gasteiger charge is -2.25. The molecule has 2 aromatic rings. The van der Waals surface area contributed by atoms with Crippen LogP contribution in [0.3, 0.4) is 0 Å². The Labute approximate surface area is 112 Å². The number of hydrogen-bond donors (Lipinski definition) is 1. The lowest BCUT2D eigenvalue weighted by Crippen LogP contribution is -2.33. The molecule has 19 heavy (non-hydrogen) atoms. The summed E-state index contributed by atoms with van der Waals surface area (Å²) in [6, 6.07) is 4.63. The molecule has 4 rings (SSSR count). The fourth-order valence-electron chi connectivity index (χ4n) is 3.47. The van der Waals surface area contributed by atoms with Crippen LogP contribution < -0.4 is 10.2 Å². The smallest absolute Gasteiger partial charge is 0.180 e. The molecule has 2 saturated heterocycles. The summed E-state index contributed by atoms with van der Waals surface area (Å²) in [6.07, 6.45) is 3.41. The quantitative estimate of drug-likeness (QED) is 0.826. The summed E-state index contributed by atoms with van der Waals surface area (Å²) in [5, 5.41) is 3.49. The zero-order valence-corrected chi connectivity index (χ0v) is 11.0. The van der Waals surface area contributed by atoms with Gasteiger partial charge in [0, 0.05) is 38.1 Å². The molecule has 0 spiro atoms. The van der Waals surface area contributed by atoms with Crippen molar-refractivity contribution in [1.82, 2.24) is 20.3 Å². The van der Waals surface area contributed by atoms with Crippen molar-refractivity contribution in [2.24, 2.45) is 11.8 Å². The van der Waals surface area contributed by atoms with Crippen molar-refractivity contribution in [3.63, 3.8) is 0 Å². The fraction of sp³-hybridized carbons (Fsp3) is 0.500. The van der Waals surface area contributed by atoms with Gasteiger partial charge >= 0.3 is 0 Å². The minimum Gasteiger partial charge on any atom is -0.353 e. The molecule has 2 aliphatic heterocycles. The Kier molecular flexibility index (Phi) is 2.41. The molecular formula is C14H17N5. The molecule has 2 aromatic heterocycles. The molecule has 0 bridgehead atoms. The van der Waals surface area contributed by atoms with E-state index in [9.17, 15) is 0 Å². The molecule has 2 aliphatic rings. The van der Waals surface area contributed by atoms with Gasteiger partial charge in [-0.3, -0.25) is 4.98 Å². The normalized spacial score (nSPS) is 29.9. The molecule has 5 nitrogen and oxygen atoms in total. The van der Waals surface area contributed by atoms with E-state index < -0.39 is 0 Å². The number of anilines is 1. The molecule has 3 atom stereocenters. The van der Waals surface area contributed by atoms with E-state index in [-0.39, 0.29) is 0 Å². The van der Waals surface area contributed by atoms with Gasteiger partial charge in [-0.25, -0.2) is 9.97 Å². The Morgan fingerprint density at radius 1 is 1.21 bits per heavy atom. The van der Waals surface area contributed by atoms with E-state index >= 15 is 0 Å². The number of pyridine rings is 1. The van der Waals surface area contributed by atoms with Crippen molar-refractivity contribution in [1.29, 1.82) is 0 Å². The average molecular weight is 255 g/mol. The van der Waals surface area contributed by atoms with E-state index in [0.29, 0.717) is 6.04 Å². The third kappa shape index (κ3) is 1.69. The van der Waals surface area contributed by atoms with Gasteiger partial charge in [-0.2, -0.15) is 0 Å². The second-order valence-electron chi connectivity index (χ2n) is 5.54. The molecule has 0 saturated carbocycles. The highest BCUT2D eigenvalue weighted by Crippen LogP contribution is 2.35. The maximum absolute atomic E-state index is 4.67. The topological polar surface area (TPSA) is 53.9 Å². The second kappa shape index (κ2) is 4.13.